The van der Waals surface area contributed by atoms with Gasteiger partial charge in [0.05, 0.1) is 11.8 Å². The van der Waals surface area contributed by atoms with Crippen molar-refractivity contribution in [1.82, 2.24) is 14.9 Å². The molecule has 0 spiro atoms. The molecule has 4 rings (SSSR count). The van der Waals surface area contributed by atoms with Gasteiger partial charge in [0, 0.05) is 42.8 Å². The van der Waals surface area contributed by atoms with E-state index in [1.165, 1.54) is 15.4 Å². The van der Waals surface area contributed by atoms with Crippen molar-refractivity contribution in [2.24, 2.45) is 5.92 Å². The van der Waals surface area contributed by atoms with Gasteiger partial charge in [0.1, 0.15) is 11.1 Å². The van der Waals surface area contributed by atoms with Crippen molar-refractivity contribution >= 4 is 23.3 Å². The lowest BCUT2D eigenvalue weighted by atomic mass is 9.92. The Balaban J connectivity index is 0.000000286. The Morgan fingerprint density at radius 2 is 1.62 bits per heavy atom. The summed E-state index contributed by atoms with van der Waals surface area (Å²) in [6.07, 6.45) is -3.53. The van der Waals surface area contributed by atoms with Gasteiger partial charge in [-0.1, -0.05) is 0 Å². The fourth-order valence-electron chi connectivity index (χ4n) is 3.72. The molecule has 0 amide bonds. The summed E-state index contributed by atoms with van der Waals surface area (Å²) in [5.74, 6) is -4.87. The molecule has 4 heterocycles. The number of carboxylic acid groups (broad SMARTS) is 2. The van der Waals surface area contributed by atoms with Gasteiger partial charge in [0.25, 0.3) is 0 Å². The molecule has 0 aromatic carbocycles. The van der Waals surface area contributed by atoms with Crippen LogP contribution in [0.15, 0.2) is 24.5 Å². The highest BCUT2D eigenvalue weighted by molar-refractivity contribution is 7.11. The van der Waals surface area contributed by atoms with Crippen molar-refractivity contribution in [2.45, 2.75) is 57.8 Å². The van der Waals surface area contributed by atoms with Crippen LogP contribution in [0.2, 0.25) is 0 Å². The van der Waals surface area contributed by atoms with Crippen LogP contribution in [0, 0.1) is 19.8 Å². The van der Waals surface area contributed by atoms with Gasteiger partial charge in [0.15, 0.2) is 0 Å². The SMILES string of the molecule is Cc1nc([C@H]2C[C@H]3CN(Cc4ccncc4)CC[C@@H]3O2)sc1C.O=C(O)C(F)(F)F.O=C(O)C(F)(F)F. The number of ether oxygens (including phenoxy) is 1. The van der Waals surface area contributed by atoms with Gasteiger partial charge in [-0.15, -0.1) is 11.3 Å². The van der Waals surface area contributed by atoms with E-state index >= 15 is 0 Å². The van der Waals surface area contributed by atoms with Crippen LogP contribution in [0.1, 0.15) is 40.1 Å². The Labute approximate surface area is 211 Å². The molecule has 37 heavy (non-hydrogen) atoms. The van der Waals surface area contributed by atoms with E-state index in [1.54, 1.807) is 11.3 Å². The molecular weight excluding hydrogens is 532 g/mol. The van der Waals surface area contributed by atoms with Crippen molar-refractivity contribution in [1.29, 1.82) is 0 Å². The van der Waals surface area contributed by atoms with Crippen molar-refractivity contribution in [3.8, 4) is 0 Å². The third-order valence-electron chi connectivity index (χ3n) is 5.57. The second kappa shape index (κ2) is 12.6. The highest BCUT2D eigenvalue weighted by Gasteiger charge is 2.41. The Bertz CT molecular complexity index is 1000. The average molecular weight is 558 g/mol. The van der Waals surface area contributed by atoms with E-state index in [2.05, 4.69) is 35.9 Å². The van der Waals surface area contributed by atoms with E-state index in [0.29, 0.717) is 12.0 Å². The zero-order valence-electron chi connectivity index (χ0n) is 19.7. The van der Waals surface area contributed by atoms with Crippen LogP contribution in [-0.2, 0) is 20.9 Å². The maximum absolute atomic E-state index is 10.6. The van der Waals surface area contributed by atoms with Gasteiger partial charge in [-0.3, -0.25) is 9.88 Å². The lowest BCUT2D eigenvalue weighted by Gasteiger charge is -2.33. The number of rotatable bonds is 3. The van der Waals surface area contributed by atoms with Crippen molar-refractivity contribution in [3.05, 3.63) is 45.7 Å². The van der Waals surface area contributed by atoms with Crippen molar-refractivity contribution in [2.75, 3.05) is 13.1 Å². The largest absolute Gasteiger partial charge is 0.490 e. The lowest BCUT2D eigenvalue weighted by Crippen LogP contribution is -2.40. The number of aromatic nitrogens is 2. The molecule has 15 heteroatoms. The van der Waals surface area contributed by atoms with Crippen LogP contribution in [0.25, 0.3) is 0 Å². The molecule has 2 saturated heterocycles. The molecule has 2 aliphatic heterocycles. The van der Waals surface area contributed by atoms with Crippen molar-refractivity contribution < 1.29 is 50.9 Å². The second-order valence-electron chi connectivity index (χ2n) is 8.34. The number of hydrogen-bond donors (Lipinski definition) is 2. The molecule has 8 nitrogen and oxygen atoms in total. The van der Waals surface area contributed by atoms with E-state index in [1.807, 2.05) is 12.4 Å². The monoisotopic (exact) mass is 557 g/mol. The fourth-order valence-corrected chi connectivity index (χ4v) is 4.69. The first-order chi connectivity index (χ1) is 17.1. The Morgan fingerprint density at radius 1 is 1.08 bits per heavy atom. The normalized spacial score (nSPS) is 21.7. The van der Waals surface area contributed by atoms with E-state index < -0.39 is 24.3 Å². The Kier molecular flexibility index (Phi) is 10.4. The summed E-state index contributed by atoms with van der Waals surface area (Å²) in [4.78, 5) is 30.5. The van der Waals surface area contributed by atoms with Crippen LogP contribution < -0.4 is 0 Å². The quantitative estimate of drug-likeness (QED) is 0.519. The van der Waals surface area contributed by atoms with Gasteiger partial charge in [0.2, 0.25) is 0 Å². The maximum Gasteiger partial charge on any atom is 0.490 e. The number of nitrogens with zero attached hydrogens (tertiary/aromatic N) is 3. The molecule has 0 radical (unpaired) electrons. The Morgan fingerprint density at radius 3 is 2.08 bits per heavy atom. The predicted octanol–water partition coefficient (Wildman–Crippen LogP) is 4.77. The molecule has 2 aromatic rings. The summed E-state index contributed by atoms with van der Waals surface area (Å²) >= 11 is 1.80. The van der Waals surface area contributed by atoms with E-state index in [9.17, 15) is 26.3 Å². The molecule has 2 N–H and O–H groups in total. The minimum Gasteiger partial charge on any atom is -0.475 e. The highest BCUT2D eigenvalue weighted by Crippen LogP contribution is 2.42. The Hall–Kier alpha value is -2.78. The first kappa shape index (κ1) is 30.4. The third-order valence-corrected chi connectivity index (χ3v) is 6.73. The molecule has 2 aliphatic rings. The number of piperidine rings is 1. The molecule has 0 aliphatic carbocycles. The number of pyridine rings is 1. The number of thiazole rings is 1. The molecule has 206 valence electrons. The molecule has 0 saturated carbocycles. The fraction of sp³-hybridized carbons (Fsp3) is 0.545. The first-order valence-electron chi connectivity index (χ1n) is 10.9. The summed E-state index contributed by atoms with van der Waals surface area (Å²) in [7, 11) is 0. The third kappa shape index (κ3) is 9.55. The zero-order chi connectivity index (χ0) is 28.0. The summed E-state index contributed by atoms with van der Waals surface area (Å²) in [6.45, 7) is 7.51. The average Bonchev–Trinajstić information content (AvgIpc) is 3.36. The molecule has 3 atom stereocenters. The molecule has 2 aromatic heterocycles. The number of likely N-dealkylation sites (tertiary alicyclic amines) is 1. The highest BCUT2D eigenvalue weighted by atomic mass is 32.1. The van der Waals surface area contributed by atoms with Gasteiger partial charge >= 0.3 is 24.3 Å². The van der Waals surface area contributed by atoms with E-state index in [0.717, 1.165) is 38.2 Å². The number of aryl methyl sites for hydroxylation is 2. The van der Waals surface area contributed by atoms with Crippen LogP contribution in [0.5, 0.6) is 0 Å². The van der Waals surface area contributed by atoms with Gasteiger partial charge in [-0.25, -0.2) is 14.6 Å². The van der Waals surface area contributed by atoms with Crippen LogP contribution >= 0.6 is 11.3 Å². The van der Waals surface area contributed by atoms with Crippen LogP contribution in [0.4, 0.5) is 26.3 Å². The molecule has 2 fully saturated rings. The lowest BCUT2D eigenvalue weighted by molar-refractivity contribution is -0.193. The second-order valence-corrected chi connectivity index (χ2v) is 9.57. The van der Waals surface area contributed by atoms with Gasteiger partial charge in [-0.2, -0.15) is 26.3 Å². The smallest absolute Gasteiger partial charge is 0.475 e. The van der Waals surface area contributed by atoms with Crippen LogP contribution in [0.3, 0.4) is 0 Å². The topological polar surface area (TPSA) is 113 Å². The molecule has 0 bridgehead atoms. The van der Waals surface area contributed by atoms with E-state index in [-0.39, 0.29) is 6.10 Å². The summed E-state index contributed by atoms with van der Waals surface area (Å²) in [5.41, 5.74) is 2.50. The van der Waals surface area contributed by atoms with Crippen molar-refractivity contribution in [3.63, 3.8) is 0 Å². The van der Waals surface area contributed by atoms with Gasteiger partial charge in [-0.05, 0) is 44.4 Å². The number of hydrogen-bond acceptors (Lipinski definition) is 7. The maximum atomic E-state index is 10.6. The molecular formula is C22H25F6N3O5S. The number of halogens is 6. The predicted molar refractivity (Wildman–Crippen MR) is 119 cm³/mol. The standard InChI is InChI=1S/C18H23N3OS.2C2HF3O2/c1-12-13(2)23-18(20-12)17-9-15-11-21(8-5-16(15)22-17)10-14-3-6-19-7-4-14;2*3-2(4,5)1(6)7/h3-4,6-7,15-17H,5,8-11H2,1-2H3;2*(H,6,7)/t15-,16-,17+;;/m0../s1. The summed E-state index contributed by atoms with van der Waals surface area (Å²) < 4.78 is 69.8. The number of fused-ring (bicyclic) bond motifs is 1. The number of carboxylic acids is 2. The minimum absolute atomic E-state index is 0.211. The first-order valence-corrected chi connectivity index (χ1v) is 11.7. The number of alkyl halides is 6. The van der Waals surface area contributed by atoms with E-state index in [4.69, 9.17) is 29.5 Å². The zero-order valence-corrected chi connectivity index (χ0v) is 20.5. The minimum atomic E-state index is -5.08. The summed E-state index contributed by atoms with van der Waals surface area (Å²) in [6, 6.07) is 4.22. The summed E-state index contributed by atoms with van der Waals surface area (Å²) in [5, 5.41) is 15.4. The molecule has 0 unspecified atom stereocenters. The van der Waals surface area contributed by atoms with Crippen LogP contribution in [-0.4, -0.2) is 68.6 Å². The number of aliphatic carboxylic acids is 2. The number of carbonyl (C=O) groups is 2. The van der Waals surface area contributed by atoms with Gasteiger partial charge < -0.3 is 14.9 Å².